The fourth-order valence-corrected chi connectivity index (χ4v) is 6.14. The highest BCUT2D eigenvalue weighted by Gasteiger charge is 2.56. The Morgan fingerprint density at radius 3 is 2.70 bits per heavy atom. The van der Waals surface area contributed by atoms with Crippen molar-refractivity contribution >= 4 is 5.97 Å². The molecular formula is C27H40O6. The van der Waals surface area contributed by atoms with Crippen molar-refractivity contribution in [2.24, 2.45) is 23.7 Å². The second-order valence-electron chi connectivity index (χ2n) is 9.96. The SMILES string of the molecule is COC(=O)[C@H]1[C@@H]2C[C@@H](CCCCCOCc3ccccc3)[C@@H](O)[C@@H]2C[C@@H]1OC1CCCCO1. The summed E-state index contributed by atoms with van der Waals surface area (Å²) in [5, 5.41) is 11.1. The second kappa shape index (κ2) is 12.3. The second-order valence-corrected chi connectivity index (χ2v) is 9.96. The number of esters is 1. The summed E-state index contributed by atoms with van der Waals surface area (Å²) in [4.78, 5) is 12.6. The van der Waals surface area contributed by atoms with Crippen LogP contribution in [-0.4, -0.2) is 49.9 Å². The van der Waals surface area contributed by atoms with E-state index in [0.29, 0.717) is 6.61 Å². The van der Waals surface area contributed by atoms with E-state index in [0.717, 1.165) is 71.0 Å². The van der Waals surface area contributed by atoms with Gasteiger partial charge in [-0.3, -0.25) is 4.79 Å². The van der Waals surface area contributed by atoms with Crippen LogP contribution in [0.1, 0.15) is 63.4 Å². The van der Waals surface area contributed by atoms with Crippen molar-refractivity contribution in [1.29, 1.82) is 0 Å². The van der Waals surface area contributed by atoms with Crippen molar-refractivity contribution in [3.05, 3.63) is 35.9 Å². The molecule has 6 heteroatoms. The number of hydrogen-bond acceptors (Lipinski definition) is 6. The van der Waals surface area contributed by atoms with Gasteiger partial charge >= 0.3 is 5.97 Å². The molecule has 6 nitrogen and oxygen atoms in total. The van der Waals surface area contributed by atoms with Gasteiger partial charge in [0.25, 0.3) is 0 Å². The molecular weight excluding hydrogens is 420 g/mol. The quantitative estimate of drug-likeness (QED) is 0.388. The number of unbranched alkanes of at least 4 members (excludes halogenated alkanes) is 2. The van der Waals surface area contributed by atoms with Gasteiger partial charge in [0.05, 0.1) is 31.8 Å². The number of aliphatic hydroxyl groups is 1. The Labute approximate surface area is 197 Å². The van der Waals surface area contributed by atoms with Gasteiger partial charge in [0.15, 0.2) is 6.29 Å². The van der Waals surface area contributed by atoms with Crippen LogP contribution >= 0.6 is 0 Å². The first-order valence-electron chi connectivity index (χ1n) is 12.8. The molecule has 0 spiro atoms. The summed E-state index contributed by atoms with van der Waals surface area (Å²) in [6.07, 6.45) is 8.02. The van der Waals surface area contributed by atoms with Gasteiger partial charge in [-0.25, -0.2) is 0 Å². The normalized spacial score (nSPS) is 33.7. The van der Waals surface area contributed by atoms with Crippen LogP contribution in [0.25, 0.3) is 0 Å². The van der Waals surface area contributed by atoms with Crippen LogP contribution in [0.3, 0.4) is 0 Å². The molecule has 184 valence electrons. The van der Waals surface area contributed by atoms with Crippen LogP contribution in [0.4, 0.5) is 0 Å². The molecule has 4 rings (SSSR count). The number of methoxy groups -OCH3 is 1. The van der Waals surface area contributed by atoms with Gasteiger partial charge in [0.1, 0.15) is 0 Å². The third kappa shape index (κ3) is 6.36. The van der Waals surface area contributed by atoms with Gasteiger partial charge in [-0.15, -0.1) is 0 Å². The minimum Gasteiger partial charge on any atom is -0.469 e. The van der Waals surface area contributed by atoms with Gasteiger partial charge in [-0.1, -0.05) is 43.2 Å². The average molecular weight is 461 g/mol. The Balaban J connectivity index is 1.19. The maximum absolute atomic E-state index is 12.6. The smallest absolute Gasteiger partial charge is 0.311 e. The Hall–Kier alpha value is -1.47. The maximum Gasteiger partial charge on any atom is 0.311 e. The van der Waals surface area contributed by atoms with E-state index in [1.807, 2.05) is 18.2 Å². The van der Waals surface area contributed by atoms with Crippen LogP contribution in [0.5, 0.6) is 0 Å². The lowest BCUT2D eigenvalue weighted by atomic mass is 9.89. The number of ether oxygens (including phenoxy) is 4. The number of rotatable bonds is 11. The summed E-state index contributed by atoms with van der Waals surface area (Å²) in [5.74, 6) is 0.00899. The van der Waals surface area contributed by atoms with Crippen LogP contribution in [0.2, 0.25) is 0 Å². The number of benzene rings is 1. The van der Waals surface area contributed by atoms with E-state index >= 15 is 0 Å². The standard InChI is InChI=1S/C27H40O6/c1-30-27(29)25-21-16-20(12-6-3-8-14-31-18-19-10-4-2-5-11-19)26(28)22(21)17-23(25)33-24-13-7-9-15-32-24/h2,4-5,10-11,20-26,28H,3,6-9,12-18H2,1H3/t20-,21-,22-,23+,24?,25+,26-/m1/s1. The molecule has 1 aliphatic heterocycles. The lowest BCUT2D eigenvalue weighted by Gasteiger charge is -2.29. The van der Waals surface area contributed by atoms with E-state index in [-0.39, 0.29) is 48.1 Å². The van der Waals surface area contributed by atoms with Crippen molar-refractivity contribution in [3.8, 4) is 0 Å². The lowest BCUT2D eigenvalue weighted by Crippen LogP contribution is -2.36. The van der Waals surface area contributed by atoms with Gasteiger partial charge in [-0.05, 0) is 68.3 Å². The highest BCUT2D eigenvalue weighted by Crippen LogP contribution is 2.53. The van der Waals surface area contributed by atoms with Gasteiger partial charge < -0.3 is 24.1 Å². The molecule has 1 unspecified atom stereocenters. The molecule has 2 aliphatic carbocycles. The molecule has 1 N–H and O–H groups in total. The fourth-order valence-electron chi connectivity index (χ4n) is 6.14. The molecule has 1 heterocycles. The highest BCUT2D eigenvalue weighted by molar-refractivity contribution is 5.74. The molecule has 3 aliphatic rings. The molecule has 0 aromatic heterocycles. The zero-order valence-electron chi connectivity index (χ0n) is 19.9. The van der Waals surface area contributed by atoms with Crippen molar-refractivity contribution in [3.63, 3.8) is 0 Å². The predicted molar refractivity (Wildman–Crippen MR) is 124 cm³/mol. The third-order valence-corrected chi connectivity index (χ3v) is 7.83. The number of carbonyl (C=O) groups excluding carboxylic acids is 1. The van der Waals surface area contributed by atoms with Crippen molar-refractivity contribution in [1.82, 2.24) is 0 Å². The van der Waals surface area contributed by atoms with Crippen LogP contribution < -0.4 is 0 Å². The molecule has 2 saturated carbocycles. The summed E-state index contributed by atoms with van der Waals surface area (Å²) >= 11 is 0. The van der Waals surface area contributed by atoms with Crippen LogP contribution in [0, 0.1) is 23.7 Å². The van der Waals surface area contributed by atoms with Crippen LogP contribution in [0.15, 0.2) is 30.3 Å². The molecule has 33 heavy (non-hydrogen) atoms. The van der Waals surface area contributed by atoms with Gasteiger partial charge in [-0.2, -0.15) is 0 Å². The molecule has 1 aromatic rings. The van der Waals surface area contributed by atoms with E-state index in [4.69, 9.17) is 18.9 Å². The summed E-state index contributed by atoms with van der Waals surface area (Å²) in [7, 11) is 1.45. The molecule has 7 atom stereocenters. The summed E-state index contributed by atoms with van der Waals surface area (Å²) < 4.78 is 22.9. The predicted octanol–water partition coefficient (Wildman–Crippen LogP) is 4.48. The fraction of sp³-hybridized carbons (Fsp3) is 0.741. The molecule has 3 fully saturated rings. The minimum absolute atomic E-state index is 0.113. The number of fused-ring (bicyclic) bond motifs is 1. The van der Waals surface area contributed by atoms with Crippen molar-refractivity contribution < 1.29 is 28.8 Å². The largest absolute Gasteiger partial charge is 0.469 e. The van der Waals surface area contributed by atoms with Gasteiger partial charge in [0.2, 0.25) is 0 Å². The molecule has 0 amide bonds. The zero-order valence-corrected chi connectivity index (χ0v) is 19.9. The minimum atomic E-state index is -0.364. The van der Waals surface area contributed by atoms with Crippen molar-refractivity contribution in [2.45, 2.75) is 82.9 Å². The van der Waals surface area contributed by atoms with Crippen LogP contribution in [-0.2, 0) is 30.3 Å². The van der Waals surface area contributed by atoms with E-state index in [9.17, 15) is 9.90 Å². The third-order valence-electron chi connectivity index (χ3n) is 7.83. The Kier molecular flexibility index (Phi) is 9.18. The number of aliphatic hydroxyl groups excluding tert-OH is 1. The first-order chi connectivity index (χ1) is 16.2. The van der Waals surface area contributed by atoms with E-state index in [1.54, 1.807) is 0 Å². The highest BCUT2D eigenvalue weighted by atomic mass is 16.7. The molecule has 0 bridgehead atoms. The molecule has 1 saturated heterocycles. The molecule has 1 aromatic carbocycles. The van der Waals surface area contributed by atoms with Gasteiger partial charge in [0, 0.05) is 13.2 Å². The summed E-state index contributed by atoms with van der Waals surface area (Å²) in [6.45, 7) is 2.14. The number of hydrogen-bond donors (Lipinski definition) is 1. The first-order valence-corrected chi connectivity index (χ1v) is 12.8. The van der Waals surface area contributed by atoms with Crippen molar-refractivity contribution in [2.75, 3.05) is 20.3 Å². The Morgan fingerprint density at radius 2 is 1.94 bits per heavy atom. The van der Waals surface area contributed by atoms with E-state index in [1.165, 1.54) is 12.7 Å². The van der Waals surface area contributed by atoms with E-state index in [2.05, 4.69) is 12.1 Å². The number of carbonyl (C=O) groups is 1. The maximum atomic E-state index is 12.6. The summed E-state index contributed by atoms with van der Waals surface area (Å²) in [6, 6.07) is 10.2. The first kappa shape index (κ1) is 24.6. The lowest BCUT2D eigenvalue weighted by molar-refractivity contribution is -0.201. The topological polar surface area (TPSA) is 74.2 Å². The molecule has 0 radical (unpaired) electrons. The summed E-state index contributed by atoms with van der Waals surface area (Å²) in [5.41, 5.74) is 1.20. The van der Waals surface area contributed by atoms with E-state index < -0.39 is 0 Å². The monoisotopic (exact) mass is 460 g/mol. The Morgan fingerprint density at radius 1 is 1.09 bits per heavy atom. The Bertz CT molecular complexity index is 719. The zero-order chi connectivity index (χ0) is 23.0. The average Bonchev–Trinajstić information content (AvgIpc) is 3.34.